The van der Waals surface area contributed by atoms with E-state index in [0.717, 1.165) is 35.5 Å². The molecule has 21 heavy (non-hydrogen) atoms. The molecule has 0 saturated carbocycles. The molecule has 2 rings (SSSR count). The molecule has 1 atom stereocenters. The lowest BCUT2D eigenvalue weighted by Gasteiger charge is -2.20. The third-order valence-electron chi connectivity index (χ3n) is 3.32. The van der Waals surface area contributed by atoms with Crippen LogP contribution in [-0.4, -0.2) is 6.54 Å². The van der Waals surface area contributed by atoms with Gasteiger partial charge in [0, 0.05) is 11.1 Å². The van der Waals surface area contributed by atoms with Gasteiger partial charge in [0.15, 0.2) is 0 Å². The molecule has 0 aliphatic heterocycles. The second-order valence-corrected chi connectivity index (χ2v) is 6.31. The van der Waals surface area contributed by atoms with E-state index in [0.29, 0.717) is 4.47 Å². The number of hydrogen-bond acceptors (Lipinski definition) is 1. The average Bonchev–Trinajstić information content (AvgIpc) is 2.46. The SMILES string of the molecule is CCCNC(Cc1cccc(Cl)c1)c1ccc(F)c(Br)c1. The fourth-order valence-electron chi connectivity index (χ4n) is 2.26. The van der Waals surface area contributed by atoms with E-state index >= 15 is 0 Å². The van der Waals surface area contributed by atoms with E-state index in [4.69, 9.17) is 11.6 Å². The van der Waals surface area contributed by atoms with E-state index < -0.39 is 0 Å². The van der Waals surface area contributed by atoms with Gasteiger partial charge in [-0.25, -0.2) is 4.39 Å². The number of rotatable bonds is 6. The van der Waals surface area contributed by atoms with Gasteiger partial charge in [0.1, 0.15) is 5.82 Å². The Labute approximate surface area is 138 Å². The Morgan fingerprint density at radius 1 is 1.24 bits per heavy atom. The first-order valence-electron chi connectivity index (χ1n) is 7.03. The minimum atomic E-state index is -0.240. The van der Waals surface area contributed by atoms with Crippen LogP contribution in [0.25, 0.3) is 0 Å². The van der Waals surface area contributed by atoms with Crippen LogP contribution in [0.2, 0.25) is 5.02 Å². The molecular weight excluding hydrogens is 353 g/mol. The summed E-state index contributed by atoms with van der Waals surface area (Å²) in [6.45, 7) is 3.05. The Bertz CT molecular complexity index is 603. The molecular formula is C17H18BrClFN. The van der Waals surface area contributed by atoms with E-state index in [1.54, 1.807) is 0 Å². The largest absolute Gasteiger partial charge is 0.310 e. The summed E-state index contributed by atoms with van der Waals surface area (Å²) >= 11 is 9.30. The molecule has 0 fully saturated rings. The number of benzene rings is 2. The molecule has 112 valence electrons. The summed E-state index contributed by atoms with van der Waals surface area (Å²) in [5.41, 5.74) is 2.23. The van der Waals surface area contributed by atoms with Crippen LogP contribution >= 0.6 is 27.5 Å². The van der Waals surface area contributed by atoms with Crippen LogP contribution in [0.4, 0.5) is 4.39 Å². The van der Waals surface area contributed by atoms with Gasteiger partial charge >= 0.3 is 0 Å². The van der Waals surface area contributed by atoms with Crippen molar-refractivity contribution in [1.82, 2.24) is 5.32 Å². The molecule has 0 radical (unpaired) electrons. The standard InChI is InChI=1S/C17H18BrClFN/c1-2-8-21-17(10-12-4-3-5-14(19)9-12)13-6-7-16(20)15(18)11-13/h3-7,9,11,17,21H,2,8,10H2,1H3. The summed E-state index contributed by atoms with van der Waals surface area (Å²) in [6, 6.07) is 13.2. The van der Waals surface area contributed by atoms with Gasteiger partial charge in [0.2, 0.25) is 0 Å². The van der Waals surface area contributed by atoms with E-state index in [9.17, 15) is 4.39 Å². The Morgan fingerprint density at radius 2 is 2.05 bits per heavy atom. The average molecular weight is 371 g/mol. The van der Waals surface area contributed by atoms with Crippen molar-refractivity contribution in [3.8, 4) is 0 Å². The summed E-state index contributed by atoms with van der Waals surface area (Å²) in [4.78, 5) is 0. The van der Waals surface area contributed by atoms with Crippen molar-refractivity contribution < 1.29 is 4.39 Å². The van der Waals surface area contributed by atoms with Gasteiger partial charge < -0.3 is 5.32 Å². The van der Waals surface area contributed by atoms with Crippen LogP contribution < -0.4 is 5.32 Å². The van der Waals surface area contributed by atoms with Gasteiger partial charge in [-0.05, 0) is 70.7 Å². The van der Waals surface area contributed by atoms with Crippen molar-refractivity contribution in [2.45, 2.75) is 25.8 Å². The molecule has 0 aromatic heterocycles. The Morgan fingerprint density at radius 3 is 2.71 bits per heavy atom. The zero-order chi connectivity index (χ0) is 15.2. The summed E-state index contributed by atoms with van der Waals surface area (Å²) in [5, 5.41) is 4.25. The second-order valence-electron chi connectivity index (χ2n) is 5.01. The normalized spacial score (nSPS) is 12.4. The quantitative estimate of drug-likeness (QED) is 0.705. The topological polar surface area (TPSA) is 12.0 Å². The molecule has 1 nitrogen and oxygen atoms in total. The van der Waals surface area contributed by atoms with Gasteiger partial charge in [-0.2, -0.15) is 0 Å². The second kappa shape index (κ2) is 7.92. The van der Waals surface area contributed by atoms with Gasteiger partial charge in [0.25, 0.3) is 0 Å². The molecule has 0 spiro atoms. The van der Waals surface area contributed by atoms with E-state index in [1.807, 2.05) is 30.3 Å². The minimum Gasteiger partial charge on any atom is -0.310 e. The fraction of sp³-hybridized carbons (Fsp3) is 0.294. The van der Waals surface area contributed by atoms with Crippen LogP contribution in [0.15, 0.2) is 46.9 Å². The van der Waals surface area contributed by atoms with Crippen molar-refractivity contribution in [1.29, 1.82) is 0 Å². The smallest absolute Gasteiger partial charge is 0.137 e. The van der Waals surface area contributed by atoms with Crippen molar-refractivity contribution in [2.24, 2.45) is 0 Å². The van der Waals surface area contributed by atoms with E-state index in [-0.39, 0.29) is 11.9 Å². The predicted molar refractivity (Wildman–Crippen MR) is 90.3 cm³/mol. The van der Waals surface area contributed by atoms with Crippen LogP contribution in [0.3, 0.4) is 0 Å². The molecule has 0 aliphatic rings. The van der Waals surface area contributed by atoms with Crippen molar-refractivity contribution in [3.05, 3.63) is 68.9 Å². The Balaban J connectivity index is 2.22. The van der Waals surface area contributed by atoms with Gasteiger partial charge in [0.05, 0.1) is 4.47 Å². The highest BCUT2D eigenvalue weighted by Gasteiger charge is 2.13. The number of hydrogen-bond donors (Lipinski definition) is 1. The summed E-state index contributed by atoms with van der Waals surface area (Å²) < 4.78 is 13.9. The zero-order valence-electron chi connectivity index (χ0n) is 11.9. The van der Waals surface area contributed by atoms with Crippen molar-refractivity contribution >= 4 is 27.5 Å². The molecule has 0 heterocycles. The van der Waals surface area contributed by atoms with Crippen molar-refractivity contribution in [2.75, 3.05) is 6.54 Å². The first kappa shape index (κ1) is 16.5. The maximum atomic E-state index is 13.4. The fourth-order valence-corrected chi connectivity index (χ4v) is 2.86. The number of halogens is 3. The molecule has 0 saturated heterocycles. The first-order chi connectivity index (χ1) is 10.1. The highest BCUT2D eigenvalue weighted by Crippen LogP contribution is 2.25. The van der Waals surface area contributed by atoms with Gasteiger partial charge in [-0.15, -0.1) is 0 Å². The molecule has 4 heteroatoms. The van der Waals surface area contributed by atoms with Crippen LogP contribution in [0.1, 0.15) is 30.5 Å². The highest BCUT2D eigenvalue weighted by molar-refractivity contribution is 9.10. The summed E-state index contributed by atoms with van der Waals surface area (Å²) in [7, 11) is 0. The predicted octanol–water partition coefficient (Wildman–Crippen LogP) is 5.53. The third kappa shape index (κ3) is 4.80. The van der Waals surface area contributed by atoms with Crippen LogP contribution in [0, 0.1) is 5.82 Å². The zero-order valence-corrected chi connectivity index (χ0v) is 14.2. The molecule has 1 N–H and O–H groups in total. The van der Waals surface area contributed by atoms with Crippen LogP contribution in [0.5, 0.6) is 0 Å². The molecule has 2 aromatic rings. The first-order valence-corrected chi connectivity index (χ1v) is 8.20. The lowest BCUT2D eigenvalue weighted by atomic mass is 9.98. The Kier molecular flexibility index (Phi) is 6.22. The number of nitrogens with one attached hydrogen (secondary N) is 1. The summed E-state index contributed by atoms with van der Waals surface area (Å²) in [5.74, 6) is -0.240. The molecule has 0 aliphatic carbocycles. The van der Waals surface area contributed by atoms with E-state index in [2.05, 4.69) is 34.2 Å². The molecule has 0 bridgehead atoms. The van der Waals surface area contributed by atoms with Gasteiger partial charge in [-0.1, -0.05) is 36.7 Å². The highest BCUT2D eigenvalue weighted by atomic mass is 79.9. The molecule has 1 unspecified atom stereocenters. The lowest BCUT2D eigenvalue weighted by molar-refractivity contribution is 0.527. The van der Waals surface area contributed by atoms with E-state index in [1.165, 1.54) is 6.07 Å². The van der Waals surface area contributed by atoms with Gasteiger partial charge in [-0.3, -0.25) is 0 Å². The van der Waals surface area contributed by atoms with Crippen LogP contribution in [-0.2, 0) is 6.42 Å². The Hall–Kier alpha value is -0.900. The maximum Gasteiger partial charge on any atom is 0.137 e. The minimum absolute atomic E-state index is 0.139. The molecule has 0 amide bonds. The molecule has 2 aromatic carbocycles. The third-order valence-corrected chi connectivity index (χ3v) is 4.16. The van der Waals surface area contributed by atoms with Crippen molar-refractivity contribution in [3.63, 3.8) is 0 Å². The maximum absolute atomic E-state index is 13.4. The lowest BCUT2D eigenvalue weighted by Crippen LogP contribution is -2.24. The summed E-state index contributed by atoms with van der Waals surface area (Å²) in [6.07, 6.45) is 1.87. The monoisotopic (exact) mass is 369 g/mol.